The van der Waals surface area contributed by atoms with Crippen molar-refractivity contribution < 1.29 is 71.7 Å². The summed E-state index contributed by atoms with van der Waals surface area (Å²) < 4.78 is 27.3. The predicted molar refractivity (Wildman–Crippen MR) is 85.4 cm³/mol. The molecule has 5 N–H and O–H groups in total. The number of rotatable bonds is 6. The van der Waals surface area contributed by atoms with Crippen molar-refractivity contribution in [1.29, 1.82) is 0 Å². The maximum Gasteiger partial charge on any atom is 0.188 e. The molecule has 0 spiro atoms. The summed E-state index contributed by atoms with van der Waals surface area (Å²) in [6.07, 6.45) is -6.64. The van der Waals surface area contributed by atoms with Crippen LogP contribution in [0, 0.1) is 5.92 Å². The summed E-state index contributed by atoms with van der Waals surface area (Å²) >= 11 is 0. The number of aliphatic hydroxyl groups excluding tert-OH is 3. The number of likely N-dealkylation sites (N-methyl/N-ethyl adjacent to an activating group) is 1. The molecule has 4 unspecified atom stereocenters. The molecular weight excluding hydrogens is 425 g/mol. The molecule has 2 fully saturated rings. The zero-order valence-electron chi connectivity index (χ0n) is 15.4. The first-order valence-electron chi connectivity index (χ1n) is 8.26. The fourth-order valence-corrected chi connectivity index (χ4v) is 3.23. The van der Waals surface area contributed by atoms with Gasteiger partial charge in [-0.3, -0.25) is 0 Å². The fourth-order valence-electron chi connectivity index (χ4n) is 3.23. The van der Waals surface area contributed by atoms with Gasteiger partial charge < -0.3 is 50.1 Å². The van der Waals surface area contributed by atoms with Crippen molar-refractivity contribution in [3.63, 3.8) is 0 Å². The normalized spacial score (nSPS) is 46.6. The summed E-state index contributed by atoms with van der Waals surface area (Å²) in [7, 11) is 4.41. The second-order valence-electron chi connectivity index (χ2n) is 6.35. The molecular formula is C15H29N2O8Y-. The second-order valence-corrected chi connectivity index (χ2v) is 6.35. The van der Waals surface area contributed by atoms with E-state index in [0.717, 1.165) is 0 Å². The maximum absolute atomic E-state index is 10.4. The van der Waals surface area contributed by atoms with Crippen LogP contribution in [0.5, 0.6) is 0 Å². The Balaban J connectivity index is 0.00000338. The third-order valence-electron chi connectivity index (χ3n) is 4.90. The second kappa shape index (κ2) is 11.0. The Labute approximate surface area is 178 Å². The van der Waals surface area contributed by atoms with Gasteiger partial charge in [0, 0.05) is 52.8 Å². The zero-order valence-corrected chi connectivity index (χ0v) is 18.3. The third kappa shape index (κ3) is 5.00. The summed E-state index contributed by atoms with van der Waals surface area (Å²) in [4.78, 5) is 0. The van der Waals surface area contributed by atoms with E-state index in [4.69, 9.17) is 29.4 Å². The molecule has 2 aliphatic heterocycles. The van der Waals surface area contributed by atoms with E-state index < -0.39 is 55.4 Å². The van der Waals surface area contributed by atoms with Gasteiger partial charge in [-0.25, -0.2) is 0 Å². The molecule has 2 saturated heterocycles. The molecule has 26 heavy (non-hydrogen) atoms. The van der Waals surface area contributed by atoms with Gasteiger partial charge in [0.15, 0.2) is 12.6 Å². The molecule has 2 aliphatic rings. The zero-order chi connectivity index (χ0) is 18.7. The van der Waals surface area contributed by atoms with Crippen molar-refractivity contribution in [3.8, 4) is 0 Å². The van der Waals surface area contributed by atoms with Crippen LogP contribution in [0.25, 0.3) is 5.73 Å². The molecule has 0 amide bonds. The molecule has 0 bridgehead atoms. The van der Waals surface area contributed by atoms with Gasteiger partial charge in [-0.15, -0.1) is 0 Å². The van der Waals surface area contributed by atoms with Gasteiger partial charge in [-0.2, -0.15) is 0 Å². The first kappa shape index (κ1) is 24.7. The van der Waals surface area contributed by atoms with Crippen LogP contribution < -0.4 is 5.32 Å². The smallest absolute Gasteiger partial charge is 0.188 e. The van der Waals surface area contributed by atoms with Crippen LogP contribution in [0.15, 0.2) is 0 Å². The largest absolute Gasteiger partial charge is 0.668 e. The number of hydrogen-bond donors (Lipinski definition) is 4. The SMILES string of the molecule is CNC1[C@H](O[C@H]2C(O)C([NH-])[C@@H](OC)O[C@@H]2OC)OC(CO)[C@H](C)[C@@H]1O.[Y]. The Morgan fingerprint density at radius 2 is 1.65 bits per heavy atom. The molecule has 10 atom stereocenters. The van der Waals surface area contributed by atoms with E-state index in [0.29, 0.717) is 0 Å². The fraction of sp³-hybridized carbons (Fsp3) is 1.00. The molecule has 10 nitrogen and oxygen atoms in total. The van der Waals surface area contributed by atoms with Crippen LogP contribution in [0.2, 0.25) is 0 Å². The van der Waals surface area contributed by atoms with Crippen LogP contribution in [0.3, 0.4) is 0 Å². The standard InChI is InChI=1S/C15H29N2O8.Y/c1-6-7(5-18)23-14(9(17-2)10(6)19)24-12-11(20)8(16)13(21-3)25-15(12)22-4;/h6-20H,5H2,1-4H3;/q-1;/t6-,7?,8?,9?,10-,11?,12-,13-,14-,15-;/m0./s1. The van der Waals surface area contributed by atoms with Crippen molar-refractivity contribution in [2.75, 3.05) is 27.9 Å². The first-order chi connectivity index (χ1) is 11.9. The van der Waals surface area contributed by atoms with E-state index in [1.165, 1.54) is 14.2 Å². The Hall–Kier alpha value is 0.704. The van der Waals surface area contributed by atoms with Crippen LogP contribution in [-0.4, -0.2) is 98.6 Å². The molecule has 0 aliphatic carbocycles. The first-order valence-corrected chi connectivity index (χ1v) is 8.26. The minimum Gasteiger partial charge on any atom is -0.668 e. The molecule has 2 rings (SSSR count). The topological polar surface area (TPSA) is 143 Å². The van der Waals surface area contributed by atoms with Crippen LogP contribution in [0.4, 0.5) is 0 Å². The molecule has 0 saturated carbocycles. The predicted octanol–water partition coefficient (Wildman–Crippen LogP) is -1.57. The van der Waals surface area contributed by atoms with Gasteiger partial charge in [-0.1, -0.05) is 13.0 Å². The minimum absolute atomic E-state index is 0. The number of ether oxygens (including phenoxy) is 5. The summed E-state index contributed by atoms with van der Waals surface area (Å²) in [6.45, 7) is 1.49. The summed E-state index contributed by atoms with van der Waals surface area (Å²) in [5.74, 6) is -0.310. The van der Waals surface area contributed by atoms with E-state index in [9.17, 15) is 15.3 Å². The number of aliphatic hydroxyl groups is 3. The molecule has 11 heteroatoms. The molecule has 0 aromatic rings. The van der Waals surface area contributed by atoms with Crippen molar-refractivity contribution in [1.82, 2.24) is 5.32 Å². The van der Waals surface area contributed by atoms with Gasteiger partial charge in [0.1, 0.15) is 12.4 Å². The van der Waals surface area contributed by atoms with Crippen molar-refractivity contribution in [2.24, 2.45) is 5.92 Å². The van der Waals surface area contributed by atoms with E-state index in [1.807, 2.05) is 0 Å². The summed E-state index contributed by atoms with van der Waals surface area (Å²) in [5.41, 5.74) is 8.01. The quantitative estimate of drug-likeness (QED) is 0.374. The van der Waals surface area contributed by atoms with E-state index in [2.05, 4.69) is 5.32 Å². The summed E-state index contributed by atoms with van der Waals surface area (Å²) in [5, 5.41) is 33.3. The Kier molecular flexibility index (Phi) is 10.5. The number of hydrogen-bond acceptors (Lipinski definition) is 9. The molecule has 0 aromatic heterocycles. The van der Waals surface area contributed by atoms with Crippen LogP contribution >= 0.6 is 0 Å². The van der Waals surface area contributed by atoms with E-state index >= 15 is 0 Å². The molecule has 1 radical (unpaired) electrons. The molecule has 2 heterocycles. The van der Waals surface area contributed by atoms with Gasteiger partial charge in [-0.05, 0) is 7.05 Å². The maximum atomic E-state index is 10.4. The summed E-state index contributed by atoms with van der Waals surface area (Å²) in [6, 6.07) is -1.69. The van der Waals surface area contributed by atoms with Gasteiger partial charge in [0.05, 0.1) is 31.0 Å². The van der Waals surface area contributed by atoms with Gasteiger partial charge in [0.25, 0.3) is 0 Å². The molecule has 151 valence electrons. The van der Waals surface area contributed by atoms with Crippen molar-refractivity contribution >= 4 is 0 Å². The Bertz CT molecular complexity index is 421. The van der Waals surface area contributed by atoms with Gasteiger partial charge >= 0.3 is 0 Å². The molecule has 0 aromatic carbocycles. The number of methoxy groups -OCH3 is 2. The Morgan fingerprint density at radius 3 is 2.15 bits per heavy atom. The van der Waals surface area contributed by atoms with Gasteiger partial charge in [0.2, 0.25) is 0 Å². The third-order valence-corrected chi connectivity index (χ3v) is 4.90. The van der Waals surface area contributed by atoms with E-state index in [1.54, 1.807) is 14.0 Å². The van der Waals surface area contributed by atoms with Crippen molar-refractivity contribution in [2.45, 2.75) is 62.3 Å². The average molecular weight is 454 g/mol. The van der Waals surface area contributed by atoms with Crippen molar-refractivity contribution in [3.05, 3.63) is 5.73 Å². The average Bonchev–Trinajstić information content (AvgIpc) is 2.62. The monoisotopic (exact) mass is 454 g/mol. The van der Waals surface area contributed by atoms with Crippen LogP contribution in [-0.2, 0) is 56.4 Å². The van der Waals surface area contributed by atoms with Crippen LogP contribution in [0.1, 0.15) is 6.92 Å². The minimum atomic E-state index is -1.26. The number of nitrogens with one attached hydrogen (secondary N) is 2. The van der Waals surface area contributed by atoms with E-state index in [-0.39, 0.29) is 45.2 Å². The Morgan fingerprint density at radius 1 is 1.04 bits per heavy atom.